The minimum absolute atomic E-state index is 0.227. The zero-order valence-corrected chi connectivity index (χ0v) is 17.5. The highest BCUT2D eigenvalue weighted by atomic mass is 16.5. The summed E-state index contributed by atoms with van der Waals surface area (Å²) in [7, 11) is 1.66. The van der Waals surface area contributed by atoms with Crippen LogP contribution in [0.15, 0.2) is 24.3 Å². The fourth-order valence-corrected chi connectivity index (χ4v) is 4.96. The Morgan fingerprint density at radius 2 is 2.03 bits per heavy atom. The van der Waals surface area contributed by atoms with Crippen molar-refractivity contribution in [2.75, 3.05) is 20.2 Å². The van der Waals surface area contributed by atoms with Gasteiger partial charge in [-0.3, -0.25) is 19.9 Å². The van der Waals surface area contributed by atoms with Crippen LogP contribution in [-0.2, 0) is 9.59 Å². The molecule has 1 aliphatic carbocycles. The van der Waals surface area contributed by atoms with Crippen LogP contribution in [0.1, 0.15) is 63.0 Å². The molecule has 1 spiro atoms. The van der Waals surface area contributed by atoms with E-state index in [4.69, 9.17) is 4.74 Å². The minimum atomic E-state index is -0.824. The molecule has 1 atom stereocenters. The highest BCUT2D eigenvalue weighted by Gasteiger charge is 2.52. The van der Waals surface area contributed by atoms with Gasteiger partial charge >= 0.3 is 6.03 Å². The van der Waals surface area contributed by atoms with Gasteiger partial charge in [0.2, 0.25) is 5.91 Å². The fourth-order valence-electron chi connectivity index (χ4n) is 4.96. The van der Waals surface area contributed by atoms with E-state index < -0.39 is 11.6 Å². The standard InChI is InChI=1S/C22H30N4O4/c1-30-17-8-5-7-16(15-17)18-9-6-13-25(18)14-10-19(27)24-26-20(28)22(23-21(26)29)11-3-2-4-12-22/h5,7-8,15,18H,2-4,6,9-14H2,1H3,(H,23,29)(H,24,27). The van der Waals surface area contributed by atoms with Crippen molar-refractivity contribution >= 4 is 17.8 Å². The number of benzene rings is 1. The Hall–Kier alpha value is -2.61. The second-order valence-corrected chi connectivity index (χ2v) is 8.47. The number of carbonyl (C=O) groups is 3. The van der Waals surface area contributed by atoms with E-state index in [1.54, 1.807) is 7.11 Å². The van der Waals surface area contributed by atoms with E-state index in [1.807, 2.05) is 18.2 Å². The lowest BCUT2D eigenvalue weighted by molar-refractivity contribution is -0.140. The average Bonchev–Trinajstić information content (AvgIpc) is 3.32. The maximum Gasteiger partial charge on any atom is 0.344 e. The maximum absolute atomic E-state index is 12.8. The number of hydrogen-bond donors (Lipinski definition) is 2. The molecule has 1 unspecified atom stereocenters. The van der Waals surface area contributed by atoms with E-state index in [0.717, 1.165) is 49.4 Å². The van der Waals surface area contributed by atoms with Crippen LogP contribution >= 0.6 is 0 Å². The van der Waals surface area contributed by atoms with Crippen LogP contribution < -0.4 is 15.5 Å². The first kappa shape index (κ1) is 20.7. The lowest BCUT2D eigenvalue weighted by Gasteiger charge is -2.30. The van der Waals surface area contributed by atoms with Crippen molar-refractivity contribution in [1.82, 2.24) is 20.7 Å². The molecule has 8 heteroatoms. The Balaban J connectivity index is 1.33. The van der Waals surface area contributed by atoms with Gasteiger partial charge in [0.05, 0.1) is 7.11 Å². The number of hydrazine groups is 1. The third kappa shape index (κ3) is 4.01. The first-order chi connectivity index (χ1) is 14.5. The second kappa shape index (κ2) is 8.63. The van der Waals surface area contributed by atoms with Crippen molar-refractivity contribution in [1.29, 1.82) is 0 Å². The molecule has 162 valence electrons. The molecule has 3 aliphatic rings. The zero-order valence-electron chi connectivity index (χ0n) is 17.5. The number of methoxy groups -OCH3 is 1. The van der Waals surface area contributed by atoms with E-state index in [0.29, 0.717) is 19.4 Å². The lowest BCUT2D eigenvalue weighted by atomic mass is 9.82. The number of nitrogens with zero attached hydrogens (tertiary/aromatic N) is 2. The minimum Gasteiger partial charge on any atom is -0.497 e. The van der Waals surface area contributed by atoms with Crippen molar-refractivity contribution in [2.24, 2.45) is 0 Å². The van der Waals surface area contributed by atoms with Crippen molar-refractivity contribution in [3.63, 3.8) is 0 Å². The second-order valence-electron chi connectivity index (χ2n) is 8.47. The number of urea groups is 1. The molecule has 0 aromatic heterocycles. The summed E-state index contributed by atoms with van der Waals surface area (Å²) in [5, 5.41) is 3.70. The molecule has 3 fully saturated rings. The Morgan fingerprint density at radius 1 is 1.23 bits per heavy atom. The van der Waals surface area contributed by atoms with E-state index in [2.05, 4.69) is 21.7 Å². The van der Waals surface area contributed by atoms with E-state index in [1.165, 1.54) is 5.56 Å². The van der Waals surface area contributed by atoms with Gasteiger partial charge in [-0.2, -0.15) is 5.01 Å². The summed E-state index contributed by atoms with van der Waals surface area (Å²) in [5.74, 6) is 0.186. The van der Waals surface area contributed by atoms with E-state index >= 15 is 0 Å². The zero-order chi connectivity index (χ0) is 21.1. The molecule has 8 nitrogen and oxygen atoms in total. The van der Waals surface area contributed by atoms with Crippen LogP contribution in [0.25, 0.3) is 0 Å². The van der Waals surface area contributed by atoms with Crippen molar-refractivity contribution in [3.05, 3.63) is 29.8 Å². The summed E-state index contributed by atoms with van der Waals surface area (Å²) in [6.07, 6.45) is 6.50. The number of nitrogens with one attached hydrogen (secondary N) is 2. The van der Waals surface area contributed by atoms with Gasteiger partial charge < -0.3 is 10.1 Å². The summed E-state index contributed by atoms with van der Waals surface area (Å²) in [6, 6.07) is 7.76. The lowest BCUT2D eigenvalue weighted by Crippen LogP contribution is -2.51. The predicted molar refractivity (Wildman–Crippen MR) is 110 cm³/mol. The van der Waals surface area contributed by atoms with Gasteiger partial charge in [0, 0.05) is 19.0 Å². The number of hydrogen-bond acceptors (Lipinski definition) is 5. The van der Waals surface area contributed by atoms with Gasteiger partial charge in [-0.15, -0.1) is 0 Å². The van der Waals surface area contributed by atoms with E-state index in [9.17, 15) is 14.4 Å². The topological polar surface area (TPSA) is 91.0 Å². The number of likely N-dealkylation sites (tertiary alicyclic amines) is 1. The molecule has 2 saturated heterocycles. The normalized spacial score (nSPS) is 23.6. The average molecular weight is 415 g/mol. The molecule has 1 aromatic rings. The Bertz CT molecular complexity index is 821. The number of amides is 4. The third-order valence-corrected chi connectivity index (χ3v) is 6.57. The molecule has 0 bridgehead atoms. The quantitative estimate of drug-likeness (QED) is 0.698. The summed E-state index contributed by atoms with van der Waals surface area (Å²) in [4.78, 5) is 39.9. The van der Waals surface area contributed by atoms with Crippen molar-refractivity contribution in [3.8, 4) is 5.75 Å². The van der Waals surface area contributed by atoms with Gasteiger partial charge in [-0.05, 0) is 49.9 Å². The molecular formula is C22H30N4O4. The SMILES string of the molecule is COc1cccc(C2CCCN2CCC(=O)NN2C(=O)NC3(CCCCC3)C2=O)c1. The summed E-state index contributed by atoms with van der Waals surface area (Å²) >= 11 is 0. The van der Waals surface area contributed by atoms with Gasteiger partial charge in [-0.25, -0.2) is 4.79 Å². The third-order valence-electron chi connectivity index (χ3n) is 6.57. The van der Waals surface area contributed by atoms with Crippen molar-refractivity contribution < 1.29 is 19.1 Å². The first-order valence-corrected chi connectivity index (χ1v) is 10.9. The summed E-state index contributed by atoms with van der Waals surface area (Å²) in [5.41, 5.74) is 2.89. The van der Waals surface area contributed by atoms with E-state index in [-0.39, 0.29) is 24.3 Å². The van der Waals surface area contributed by atoms with Crippen LogP contribution in [0, 0.1) is 0 Å². The van der Waals surface area contributed by atoms with Crippen molar-refractivity contribution in [2.45, 2.75) is 62.9 Å². The summed E-state index contributed by atoms with van der Waals surface area (Å²) in [6.45, 7) is 1.49. The molecule has 4 rings (SSSR count). The maximum atomic E-state index is 12.8. The molecule has 4 amide bonds. The number of imide groups is 1. The van der Waals surface area contributed by atoms with Crippen LogP contribution in [0.4, 0.5) is 4.79 Å². The molecular weight excluding hydrogens is 384 g/mol. The largest absolute Gasteiger partial charge is 0.497 e. The Morgan fingerprint density at radius 3 is 2.80 bits per heavy atom. The molecule has 2 N–H and O–H groups in total. The highest BCUT2D eigenvalue weighted by Crippen LogP contribution is 2.34. The smallest absolute Gasteiger partial charge is 0.344 e. The number of carbonyl (C=O) groups excluding carboxylic acids is 3. The van der Waals surface area contributed by atoms with Crippen LogP contribution in [0.3, 0.4) is 0 Å². The first-order valence-electron chi connectivity index (χ1n) is 10.9. The Labute approximate surface area is 176 Å². The van der Waals surface area contributed by atoms with Gasteiger partial charge in [-0.1, -0.05) is 31.4 Å². The molecule has 1 saturated carbocycles. The molecule has 2 heterocycles. The monoisotopic (exact) mass is 414 g/mol. The molecule has 2 aliphatic heterocycles. The number of ether oxygens (including phenoxy) is 1. The van der Waals surface area contributed by atoms with Gasteiger partial charge in [0.15, 0.2) is 0 Å². The summed E-state index contributed by atoms with van der Waals surface area (Å²) < 4.78 is 5.33. The van der Waals surface area contributed by atoms with Gasteiger partial charge in [0.1, 0.15) is 11.3 Å². The van der Waals surface area contributed by atoms with Gasteiger partial charge in [0.25, 0.3) is 5.91 Å². The fraction of sp³-hybridized carbons (Fsp3) is 0.591. The van der Waals surface area contributed by atoms with Crippen LogP contribution in [0.5, 0.6) is 5.75 Å². The van der Waals surface area contributed by atoms with Crippen LogP contribution in [0.2, 0.25) is 0 Å². The molecule has 30 heavy (non-hydrogen) atoms. The number of rotatable bonds is 6. The molecule has 0 radical (unpaired) electrons. The van der Waals surface area contributed by atoms with Crippen LogP contribution in [-0.4, -0.2) is 53.5 Å². The highest BCUT2D eigenvalue weighted by molar-refractivity contribution is 6.08. The Kier molecular flexibility index (Phi) is 5.94. The predicted octanol–water partition coefficient (Wildman–Crippen LogP) is 2.51. The molecule has 1 aromatic carbocycles.